The van der Waals surface area contributed by atoms with E-state index in [0.717, 1.165) is 38.9 Å². The van der Waals surface area contributed by atoms with Crippen LogP contribution in [0.1, 0.15) is 32.6 Å². The van der Waals surface area contributed by atoms with Crippen LogP contribution in [0, 0.1) is 0 Å². The maximum Gasteiger partial charge on any atom is 0.0555 e. The maximum atomic E-state index is 9.89. The number of likely N-dealkylation sites (N-methyl/N-ethyl adjacent to an activating group) is 2. The molecule has 0 amide bonds. The molecule has 1 saturated heterocycles. The smallest absolute Gasteiger partial charge is 0.0555 e. The van der Waals surface area contributed by atoms with Crippen LogP contribution in [0.2, 0.25) is 0 Å². The summed E-state index contributed by atoms with van der Waals surface area (Å²) in [5.74, 6) is 0. The van der Waals surface area contributed by atoms with Crippen molar-refractivity contribution in [2.24, 2.45) is 0 Å². The van der Waals surface area contributed by atoms with E-state index < -0.39 is 0 Å². The van der Waals surface area contributed by atoms with Gasteiger partial charge in [0.15, 0.2) is 0 Å². The predicted molar refractivity (Wildman–Crippen MR) is 64.1 cm³/mol. The van der Waals surface area contributed by atoms with Crippen LogP contribution in [-0.2, 0) is 0 Å². The minimum absolute atomic E-state index is 0.108. The second-order valence-corrected chi connectivity index (χ2v) is 4.93. The van der Waals surface area contributed by atoms with Crippen molar-refractivity contribution in [3.05, 3.63) is 0 Å². The van der Waals surface area contributed by atoms with Gasteiger partial charge in [-0.05, 0) is 26.9 Å². The van der Waals surface area contributed by atoms with Crippen molar-refractivity contribution >= 4 is 0 Å². The molecule has 1 aliphatic heterocycles. The fraction of sp³-hybridized carbons (Fsp3) is 1.00. The van der Waals surface area contributed by atoms with Gasteiger partial charge in [0, 0.05) is 25.7 Å². The van der Waals surface area contributed by atoms with E-state index in [2.05, 4.69) is 30.8 Å². The van der Waals surface area contributed by atoms with E-state index in [1.54, 1.807) is 0 Å². The van der Waals surface area contributed by atoms with Crippen molar-refractivity contribution in [1.82, 2.24) is 9.80 Å². The molecule has 0 bridgehead atoms. The zero-order chi connectivity index (χ0) is 11.3. The van der Waals surface area contributed by atoms with Crippen LogP contribution < -0.4 is 0 Å². The molecule has 1 N–H and O–H groups in total. The Morgan fingerprint density at radius 2 is 2.07 bits per heavy atom. The van der Waals surface area contributed by atoms with Gasteiger partial charge in [-0.3, -0.25) is 0 Å². The summed E-state index contributed by atoms with van der Waals surface area (Å²) in [6.07, 6.45) is 4.11. The lowest BCUT2D eigenvalue weighted by Gasteiger charge is -2.38. The Morgan fingerprint density at radius 1 is 1.33 bits per heavy atom. The van der Waals surface area contributed by atoms with Gasteiger partial charge in [0.1, 0.15) is 0 Å². The van der Waals surface area contributed by atoms with E-state index in [4.69, 9.17) is 0 Å². The lowest BCUT2D eigenvalue weighted by molar-refractivity contribution is 0.0596. The van der Waals surface area contributed by atoms with Crippen molar-refractivity contribution < 1.29 is 5.11 Å². The minimum atomic E-state index is -0.108. The molecule has 1 aliphatic rings. The Labute approximate surface area is 94.1 Å². The molecule has 1 heterocycles. The monoisotopic (exact) mass is 214 g/mol. The molecule has 2 unspecified atom stereocenters. The number of nitrogens with zero attached hydrogens (tertiary/aromatic N) is 2. The first-order valence-corrected chi connectivity index (χ1v) is 6.20. The highest BCUT2D eigenvalue weighted by atomic mass is 16.3. The highest BCUT2D eigenvalue weighted by molar-refractivity contribution is 4.80. The fourth-order valence-electron chi connectivity index (χ4n) is 2.23. The lowest BCUT2D eigenvalue weighted by Crippen LogP contribution is -2.50. The zero-order valence-electron chi connectivity index (χ0n) is 10.4. The molecule has 0 aromatic heterocycles. The Bertz CT molecular complexity index is 175. The number of aliphatic hydroxyl groups excluding tert-OH is 1. The molecule has 0 aromatic carbocycles. The van der Waals surface area contributed by atoms with E-state index in [-0.39, 0.29) is 6.10 Å². The molecule has 3 nitrogen and oxygen atoms in total. The summed E-state index contributed by atoms with van der Waals surface area (Å²) in [7, 11) is 4.34. The van der Waals surface area contributed by atoms with Crippen molar-refractivity contribution in [3.63, 3.8) is 0 Å². The van der Waals surface area contributed by atoms with Crippen molar-refractivity contribution in [3.8, 4) is 0 Å². The molecule has 0 saturated carbocycles. The van der Waals surface area contributed by atoms with Crippen molar-refractivity contribution in [1.29, 1.82) is 0 Å². The second-order valence-electron chi connectivity index (χ2n) is 4.93. The average molecular weight is 214 g/mol. The van der Waals surface area contributed by atoms with Gasteiger partial charge in [-0.1, -0.05) is 19.8 Å². The molecule has 2 atom stereocenters. The first kappa shape index (κ1) is 12.9. The summed E-state index contributed by atoms with van der Waals surface area (Å²) in [6, 6.07) is 0.538. The molecule has 3 heteroatoms. The predicted octanol–water partition coefficient (Wildman–Crippen LogP) is 1.17. The third-order valence-electron chi connectivity index (χ3n) is 3.42. The van der Waals surface area contributed by atoms with Gasteiger partial charge in [0.25, 0.3) is 0 Å². The van der Waals surface area contributed by atoms with Crippen LogP contribution in [0.25, 0.3) is 0 Å². The normalized spacial score (nSPS) is 26.8. The van der Waals surface area contributed by atoms with E-state index in [9.17, 15) is 5.11 Å². The molecule has 1 fully saturated rings. The van der Waals surface area contributed by atoms with Crippen molar-refractivity contribution in [2.75, 3.05) is 33.7 Å². The largest absolute Gasteiger partial charge is 0.393 e. The Kier molecular flexibility index (Phi) is 5.58. The zero-order valence-corrected chi connectivity index (χ0v) is 10.4. The first-order chi connectivity index (χ1) is 7.13. The van der Waals surface area contributed by atoms with E-state index >= 15 is 0 Å². The fourth-order valence-corrected chi connectivity index (χ4v) is 2.23. The van der Waals surface area contributed by atoms with Crippen LogP contribution in [-0.4, -0.2) is 60.8 Å². The molecule has 0 spiro atoms. The van der Waals surface area contributed by atoms with Gasteiger partial charge in [0.05, 0.1) is 6.10 Å². The number of aliphatic hydroxyl groups is 1. The van der Waals surface area contributed by atoms with Crippen LogP contribution >= 0.6 is 0 Å². The summed E-state index contributed by atoms with van der Waals surface area (Å²) in [6.45, 7) is 5.55. The molecular weight excluding hydrogens is 188 g/mol. The number of rotatable bonds is 5. The Morgan fingerprint density at radius 3 is 2.73 bits per heavy atom. The summed E-state index contributed by atoms with van der Waals surface area (Å²) in [5.41, 5.74) is 0. The topological polar surface area (TPSA) is 26.7 Å². The highest BCUT2D eigenvalue weighted by Gasteiger charge is 2.24. The quantitative estimate of drug-likeness (QED) is 0.744. The molecule has 0 aliphatic carbocycles. The standard InChI is InChI=1S/C12H26N2O/c1-4-5-6-12(15)9-11-10-13(2)7-8-14(11)3/h11-12,15H,4-10H2,1-3H3. The number of hydrogen-bond donors (Lipinski definition) is 1. The van der Waals surface area contributed by atoms with Crippen molar-refractivity contribution in [2.45, 2.75) is 44.8 Å². The van der Waals surface area contributed by atoms with Crippen LogP contribution in [0.15, 0.2) is 0 Å². The number of piperazine rings is 1. The third kappa shape index (κ3) is 4.49. The minimum Gasteiger partial charge on any atom is -0.393 e. The SMILES string of the molecule is CCCCC(O)CC1CN(C)CCN1C. The van der Waals surface area contributed by atoms with Gasteiger partial charge in [-0.25, -0.2) is 0 Å². The van der Waals surface area contributed by atoms with Crippen LogP contribution in [0.4, 0.5) is 0 Å². The first-order valence-electron chi connectivity index (χ1n) is 6.20. The summed E-state index contributed by atoms with van der Waals surface area (Å²) in [5, 5.41) is 9.89. The number of hydrogen-bond acceptors (Lipinski definition) is 3. The third-order valence-corrected chi connectivity index (χ3v) is 3.42. The summed E-state index contributed by atoms with van der Waals surface area (Å²) >= 11 is 0. The van der Waals surface area contributed by atoms with Gasteiger partial charge >= 0.3 is 0 Å². The van der Waals surface area contributed by atoms with Crippen LogP contribution in [0.5, 0.6) is 0 Å². The Balaban J connectivity index is 2.28. The molecule has 0 radical (unpaired) electrons. The van der Waals surface area contributed by atoms with Gasteiger partial charge < -0.3 is 14.9 Å². The molecule has 15 heavy (non-hydrogen) atoms. The van der Waals surface area contributed by atoms with Crippen LogP contribution in [0.3, 0.4) is 0 Å². The average Bonchev–Trinajstić information content (AvgIpc) is 2.20. The van der Waals surface area contributed by atoms with Gasteiger partial charge in [-0.2, -0.15) is 0 Å². The maximum absolute atomic E-state index is 9.89. The lowest BCUT2D eigenvalue weighted by atomic mass is 10.0. The summed E-state index contributed by atoms with van der Waals surface area (Å²) < 4.78 is 0. The molecule has 90 valence electrons. The summed E-state index contributed by atoms with van der Waals surface area (Å²) in [4.78, 5) is 4.74. The van der Waals surface area contributed by atoms with Gasteiger partial charge in [0.2, 0.25) is 0 Å². The number of unbranched alkanes of at least 4 members (excludes halogenated alkanes) is 1. The molecular formula is C12H26N2O. The van der Waals surface area contributed by atoms with E-state index in [1.165, 1.54) is 6.42 Å². The second kappa shape index (κ2) is 6.46. The van der Waals surface area contributed by atoms with Gasteiger partial charge in [-0.15, -0.1) is 0 Å². The van der Waals surface area contributed by atoms with E-state index in [0.29, 0.717) is 6.04 Å². The molecule has 0 aromatic rings. The highest BCUT2D eigenvalue weighted by Crippen LogP contribution is 2.14. The van der Waals surface area contributed by atoms with E-state index in [1.807, 2.05) is 0 Å². The Hall–Kier alpha value is -0.120. The molecule has 1 rings (SSSR count).